The van der Waals surface area contributed by atoms with E-state index in [1.165, 1.54) is 6.54 Å². The molecule has 0 spiro atoms. The average molecular weight is 185 g/mol. The van der Waals surface area contributed by atoms with E-state index in [1.807, 2.05) is 0 Å². The number of rotatable bonds is 5. The average Bonchev–Trinajstić information content (AvgIpc) is 1.97. The van der Waals surface area contributed by atoms with Crippen LogP contribution in [0.1, 0.15) is 34.6 Å². The third-order valence-corrected chi connectivity index (χ3v) is 3.16. The Labute approximate surface area is 84.5 Å². The van der Waals surface area contributed by atoms with Gasteiger partial charge in [-0.3, -0.25) is 0 Å². The van der Waals surface area contributed by atoms with Crippen LogP contribution in [-0.4, -0.2) is 25.5 Å². The standard InChI is InChI=1S/C12H27N/c1-9(2)11(5)12(10(3)4)8-13(6)7/h9-12H,8H2,1-7H3. The molecular weight excluding hydrogens is 158 g/mol. The quantitative estimate of drug-likeness (QED) is 0.636. The highest BCUT2D eigenvalue weighted by Crippen LogP contribution is 2.27. The van der Waals surface area contributed by atoms with Gasteiger partial charge in [0.1, 0.15) is 0 Å². The van der Waals surface area contributed by atoms with Crippen LogP contribution in [0.15, 0.2) is 0 Å². The minimum Gasteiger partial charge on any atom is -0.309 e. The minimum atomic E-state index is 0.791. The Morgan fingerprint density at radius 3 is 1.54 bits per heavy atom. The van der Waals surface area contributed by atoms with Crippen LogP contribution in [0.3, 0.4) is 0 Å². The Bertz CT molecular complexity index is 127. The zero-order valence-corrected chi connectivity index (χ0v) is 10.5. The van der Waals surface area contributed by atoms with Crippen LogP contribution in [0, 0.1) is 23.7 Å². The summed E-state index contributed by atoms with van der Waals surface area (Å²) in [5.41, 5.74) is 0. The Morgan fingerprint density at radius 2 is 1.31 bits per heavy atom. The maximum Gasteiger partial charge on any atom is 0.000865 e. The van der Waals surface area contributed by atoms with Crippen molar-refractivity contribution < 1.29 is 0 Å². The summed E-state index contributed by atoms with van der Waals surface area (Å²) in [6.07, 6.45) is 0. The molecule has 80 valence electrons. The lowest BCUT2D eigenvalue weighted by Gasteiger charge is -2.32. The molecular formula is C12H27N. The van der Waals surface area contributed by atoms with Crippen molar-refractivity contribution in [2.45, 2.75) is 34.6 Å². The van der Waals surface area contributed by atoms with Gasteiger partial charge < -0.3 is 4.90 Å². The molecule has 0 amide bonds. The van der Waals surface area contributed by atoms with E-state index in [-0.39, 0.29) is 0 Å². The van der Waals surface area contributed by atoms with Gasteiger partial charge in [0.15, 0.2) is 0 Å². The highest BCUT2D eigenvalue weighted by molar-refractivity contribution is 4.73. The number of hydrogen-bond acceptors (Lipinski definition) is 1. The van der Waals surface area contributed by atoms with E-state index in [4.69, 9.17) is 0 Å². The van der Waals surface area contributed by atoms with Gasteiger partial charge in [0, 0.05) is 6.54 Å². The summed E-state index contributed by atoms with van der Waals surface area (Å²) in [6, 6.07) is 0. The normalized spacial score (nSPS) is 17.1. The van der Waals surface area contributed by atoms with Gasteiger partial charge in [-0.25, -0.2) is 0 Å². The smallest absolute Gasteiger partial charge is 0.000865 e. The van der Waals surface area contributed by atoms with Crippen LogP contribution < -0.4 is 0 Å². The Balaban J connectivity index is 4.24. The first-order valence-electron chi connectivity index (χ1n) is 5.51. The van der Waals surface area contributed by atoms with Crippen LogP contribution in [0.4, 0.5) is 0 Å². The molecule has 0 radical (unpaired) electrons. The third-order valence-electron chi connectivity index (χ3n) is 3.16. The Morgan fingerprint density at radius 1 is 0.846 bits per heavy atom. The first-order chi connectivity index (χ1) is 5.86. The first kappa shape index (κ1) is 13.0. The van der Waals surface area contributed by atoms with Gasteiger partial charge in [0.05, 0.1) is 0 Å². The second-order valence-electron chi connectivity index (χ2n) is 5.27. The van der Waals surface area contributed by atoms with Crippen LogP contribution in [0.2, 0.25) is 0 Å². The van der Waals surface area contributed by atoms with E-state index in [2.05, 4.69) is 53.6 Å². The molecule has 1 heteroatoms. The summed E-state index contributed by atoms with van der Waals surface area (Å²) in [6.45, 7) is 12.9. The van der Waals surface area contributed by atoms with Crippen LogP contribution in [0.5, 0.6) is 0 Å². The molecule has 0 fully saturated rings. The lowest BCUT2D eigenvalue weighted by atomic mass is 9.78. The molecule has 2 atom stereocenters. The second-order valence-corrected chi connectivity index (χ2v) is 5.27. The van der Waals surface area contributed by atoms with Crippen molar-refractivity contribution in [1.82, 2.24) is 4.90 Å². The van der Waals surface area contributed by atoms with E-state index < -0.39 is 0 Å². The zero-order valence-electron chi connectivity index (χ0n) is 10.5. The summed E-state index contributed by atoms with van der Waals surface area (Å²) in [4.78, 5) is 2.31. The van der Waals surface area contributed by atoms with Crippen LogP contribution >= 0.6 is 0 Å². The number of nitrogens with zero attached hydrogens (tertiary/aromatic N) is 1. The van der Waals surface area contributed by atoms with Crippen LogP contribution in [-0.2, 0) is 0 Å². The number of hydrogen-bond donors (Lipinski definition) is 0. The molecule has 0 heterocycles. The SMILES string of the molecule is CC(C)C(C)C(CN(C)C)C(C)C. The van der Waals surface area contributed by atoms with E-state index >= 15 is 0 Å². The maximum atomic E-state index is 2.39. The predicted molar refractivity (Wildman–Crippen MR) is 60.9 cm³/mol. The first-order valence-corrected chi connectivity index (χ1v) is 5.51. The van der Waals surface area contributed by atoms with Gasteiger partial charge in [-0.2, -0.15) is 0 Å². The fraction of sp³-hybridized carbons (Fsp3) is 1.00. The van der Waals surface area contributed by atoms with E-state index in [0.717, 1.165) is 23.7 Å². The van der Waals surface area contributed by atoms with Crippen molar-refractivity contribution >= 4 is 0 Å². The molecule has 0 aromatic heterocycles. The van der Waals surface area contributed by atoms with Gasteiger partial charge in [-0.1, -0.05) is 34.6 Å². The maximum absolute atomic E-state index is 2.39. The monoisotopic (exact) mass is 185 g/mol. The van der Waals surface area contributed by atoms with Crippen molar-refractivity contribution in [3.05, 3.63) is 0 Å². The van der Waals surface area contributed by atoms with E-state index in [9.17, 15) is 0 Å². The molecule has 0 N–H and O–H groups in total. The van der Waals surface area contributed by atoms with Gasteiger partial charge in [-0.15, -0.1) is 0 Å². The van der Waals surface area contributed by atoms with Gasteiger partial charge in [-0.05, 0) is 37.8 Å². The fourth-order valence-corrected chi connectivity index (χ4v) is 1.90. The van der Waals surface area contributed by atoms with E-state index in [0.29, 0.717) is 0 Å². The summed E-state index contributed by atoms with van der Waals surface area (Å²) in [5, 5.41) is 0. The molecule has 1 nitrogen and oxygen atoms in total. The molecule has 0 saturated carbocycles. The molecule has 0 aromatic carbocycles. The molecule has 0 bridgehead atoms. The molecule has 0 aliphatic carbocycles. The Hall–Kier alpha value is -0.0400. The third kappa shape index (κ3) is 4.66. The zero-order chi connectivity index (χ0) is 10.6. The topological polar surface area (TPSA) is 3.24 Å². The lowest BCUT2D eigenvalue weighted by molar-refractivity contribution is 0.166. The van der Waals surface area contributed by atoms with Gasteiger partial charge >= 0.3 is 0 Å². The van der Waals surface area contributed by atoms with Gasteiger partial charge in [0.2, 0.25) is 0 Å². The fourth-order valence-electron chi connectivity index (χ4n) is 1.90. The second kappa shape index (κ2) is 5.64. The highest BCUT2D eigenvalue weighted by atomic mass is 15.1. The van der Waals surface area contributed by atoms with Crippen LogP contribution in [0.25, 0.3) is 0 Å². The predicted octanol–water partition coefficient (Wildman–Crippen LogP) is 3.11. The van der Waals surface area contributed by atoms with Crippen molar-refractivity contribution in [3.8, 4) is 0 Å². The summed E-state index contributed by atoms with van der Waals surface area (Å²) >= 11 is 0. The van der Waals surface area contributed by atoms with Crippen molar-refractivity contribution in [1.29, 1.82) is 0 Å². The Kier molecular flexibility index (Phi) is 5.62. The summed E-state index contributed by atoms with van der Waals surface area (Å²) in [5.74, 6) is 3.24. The molecule has 13 heavy (non-hydrogen) atoms. The van der Waals surface area contributed by atoms with Crippen molar-refractivity contribution in [2.24, 2.45) is 23.7 Å². The minimum absolute atomic E-state index is 0.791. The molecule has 0 aliphatic heterocycles. The molecule has 0 rings (SSSR count). The molecule has 2 unspecified atom stereocenters. The lowest BCUT2D eigenvalue weighted by Crippen LogP contribution is -2.32. The van der Waals surface area contributed by atoms with Gasteiger partial charge in [0.25, 0.3) is 0 Å². The highest BCUT2D eigenvalue weighted by Gasteiger charge is 2.23. The summed E-state index contributed by atoms with van der Waals surface area (Å²) in [7, 11) is 4.34. The molecule has 0 aliphatic rings. The summed E-state index contributed by atoms with van der Waals surface area (Å²) < 4.78 is 0. The molecule has 0 saturated heterocycles. The van der Waals surface area contributed by atoms with Crippen molar-refractivity contribution in [2.75, 3.05) is 20.6 Å². The van der Waals surface area contributed by atoms with E-state index in [1.54, 1.807) is 0 Å². The van der Waals surface area contributed by atoms with Crippen molar-refractivity contribution in [3.63, 3.8) is 0 Å². The largest absolute Gasteiger partial charge is 0.309 e. The molecule has 0 aromatic rings.